The third-order valence-corrected chi connectivity index (χ3v) is 2.02. The predicted molar refractivity (Wildman–Crippen MR) is 55.2 cm³/mol. The average molecular weight is 196 g/mol. The van der Waals surface area contributed by atoms with Crippen LogP contribution < -0.4 is 4.74 Å². The molecule has 3 heteroatoms. The summed E-state index contributed by atoms with van der Waals surface area (Å²) in [5.41, 5.74) is 0. The molecule has 0 fully saturated rings. The third kappa shape index (κ3) is 3.99. The van der Waals surface area contributed by atoms with Gasteiger partial charge in [-0.25, -0.2) is 4.79 Å². The van der Waals surface area contributed by atoms with Crippen LogP contribution in [0.5, 0.6) is 5.75 Å². The maximum Gasteiger partial charge on any atom is 0.372 e. The van der Waals surface area contributed by atoms with Gasteiger partial charge in [0.2, 0.25) is 0 Å². The first kappa shape index (κ1) is 10.1. The van der Waals surface area contributed by atoms with Gasteiger partial charge in [-0.1, -0.05) is 32.0 Å². The molecule has 0 spiro atoms. The van der Waals surface area contributed by atoms with Gasteiger partial charge in [-0.2, -0.15) is 0 Å². The van der Waals surface area contributed by atoms with E-state index in [1.54, 1.807) is 12.1 Å². The molecule has 13 heavy (non-hydrogen) atoms. The van der Waals surface area contributed by atoms with Crippen LogP contribution >= 0.6 is 11.8 Å². The van der Waals surface area contributed by atoms with E-state index in [0.717, 1.165) is 0 Å². The SMILES string of the molecule is CC(C)SC(=O)Oc1ccccc1. The molecule has 0 bridgehead atoms. The van der Waals surface area contributed by atoms with E-state index in [1.165, 1.54) is 11.8 Å². The molecule has 70 valence electrons. The van der Waals surface area contributed by atoms with Gasteiger partial charge in [0, 0.05) is 5.25 Å². The van der Waals surface area contributed by atoms with Gasteiger partial charge in [0.15, 0.2) is 0 Å². The van der Waals surface area contributed by atoms with Gasteiger partial charge in [0.1, 0.15) is 5.75 Å². The summed E-state index contributed by atoms with van der Waals surface area (Å²) in [6.07, 6.45) is 0. The lowest BCUT2D eigenvalue weighted by atomic mass is 10.3. The number of benzene rings is 1. The van der Waals surface area contributed by atoms with Crippen LogP contribution in [0.15, 0.2) is 30.3 Å². The molecule has 1 rings (SSSR count). The van der Waals surface area contributed by atoms with E-state index in [4.69, 9.17) is 4.74 Å². The smallest absolute Gasteiger partial charge is 0.372 e. The molecule has 0 unspecified atom stereocenters. The monoisotopic (exact) mass is 196 g/mol. The maximum atomic E-state index is 11.2. The third-order valence-electron chi connectivity index (χ3n) is 1.28. The first-order valence-electron chi connectivity index (χ1n) is 4.12. The standard InChI is InChI=1S/C10H12O2S/c1-8(2)13-10(11)12-9-6-4-3-5-7-9/h3-8H,1-2H3. The summed E-state index contributed by atoms with van der Waals surface area (Å²) in [5.74, 6) is 0.598. The van der Waals surface area contributed by atoms with Crippen LogP contribution in [0, 0.1) is 0 Å². The fourth-order valence-electron chi connectivity index (χ4n) is 0.801. The molecule has 2 nitrogen and oxygen atoms in total. The molecular formula is C10H12O2S. The van der Waals surface area contributed by atoms with Crippen LogP contribution in [0.25, 0.3) is 0 Å². The molecule has 0 aliphatic heterocycles. The maximum absolute atomic E-state index is 11.2. The zero-order valence-corrected chi connectivity index (χ0v) is 8.51. The van der Waals surface area contributed by atoms with Gasteiger partial charge in [-0.15, -0.1) is 0 Å². The zero-order valence-electron chi connectivity index (χ0n) is 7.69. The highest BCUT2D eigenvalue weighted by atomic mass is 32.2. The van der Waals surface area contributed by atoms with Crippen molar-refractivity contribution in [3.8, 4) is 5.75 Å². The van der Waals surface area contributed by atoms with Gasteiger partial charge in [0.25, 0.3) is 0 Å². The largest absolute Gasteiger partial charge is 0.418 e. The van der Waals surface area contributed by atoms with Crippen molar-refractivity contribution in [1.82, 2.24) is 0 Å². The van der Waals surface area contributed by atoms with Crippen molar-refractivity contribution in [2.24, 2.45) is 0 Å². The first-order valence-corrected chi connectivity index (χ1v) is 5.00. The lowest BCUT2D eigenvalue weighted by Crippen LogP contribution is -2.04. The van der Waals surface area contributed by atoms with E-state index in [9.17, 15) is 4.79 Å². The summed E-state index contributed by atoms with van der Waals surface area (Å²) in [7, 11) is 0. The molecule has 1 aromatic rings. The number of rotatable bonds is 2. The summed E-state index contributed by atoms with van der Waals surface area (Å²) >= 11 is 1.19. The highest BCUT2D eigenvalue weighted by Gasteiger charge is 2.07. The highest BCUT2D eigenvalue weighted by Crippen LogP contribution is 2.16. The molecule has 0 aliphatic carbocycles. The lowest BCUT2D eigenvalue weighted by Gasteiger charge is -2.04. The van der Waals surface area contributed by atoms with E-state index in [2.05, 4.69) is 0 Å². The topological polar surface area (TPSA) is 26.3 Å². The number of thioether (sulfide) groups is 1. The molecule has 0 aliphatic rings. The highest BCUT2D eigenvalue weighted by molar-refractivity contribution is 8.13. The Balaban J connectivity index is 2.46. The number of hydrogen-bond donors (Lipinski definition) is 0. The fourth-order valence-corrected chi connectivity index (χ4v) is 1.33. The molecule has 0 heterocycles. The Morgan fingerprint density at radius 2 is 1.92 bits per heavy atom. The van der Waals surface area contributed by atoms with Crippen molar-refractivity contribution in [1.29, 1.82) is 0 Å². The Morgan fingerprint density at radius 3 is 2.46 bits per heavy atom. The number of ether oxygens (including phenoxy) is 1. The molecule has 0 radical (unpaired) electrons. The van der Waals surface area contributed by atoms with Crippen molar-refractivity contribution in [3.63, 3.8) is 0 Å². The average Bonchev–Trinajstić information content (AvgIpc) is 2.04. The number of para-hydroxylation sites is 1. The molecule has 0 saturated heterocycles. The van der Waals surface area contributed by atoms with Crippen LogP contribution in [-0.2, 0) is 0 Å². The minimum absolute atomic E-state index is 0.249. The molecular weight excluding hydrogens is 184 g/mol. The Labute approximate surface area is 82.3 Å². The Kier molecular flexibility index (Phi) is 3.83. The van der Waals surface area contributed by atoms with Crippen LogP contribution in [0.4, 0.5) is 4.79 Å². The van der Waals surface area contributed by atoms with E-state index >= 15 is 0 Å². The van der Waals surface area contributed by atoms with Gasteiger partial charge in [0.05, 0.1) is 0 Å². The zero-order chi connectivity index (χ0) is 9.68. The lowest BCUT2D eigenvalue weighted by molar-refractivity contribution is 0.227. The summed E-state index contributed by atoms with van der Waals surface area (Å²) in [5, 5.41) is 0.0115. The van der Waals surface area contributed by atoms with Crippen LogP contribution in [0.1, 0.15) is 13.8 Å². The molecule has 0 saturated carbocycles. The summed E-state index contributed by atoms with van der Waals surface area (Å²) in [4.78, 5) is 11.2. The molecule has 0 atom stereocenters. The van der Waals surface area contributed by atoms with Crippen LogP contribution in [0.3, 0.4) is 0 Å². The number of hydrogen-bond acceptors (Lipinski definition) is 3. The normalized spacial score (nSPS) is 10.1. The fraction of sp³-hybridized carbons (Fsp3) is 0.300. The molecule has 0 N–H and O–H groups in total. The van der Waals surface area contributed by atoms with Crippen molar-refractivity contribution in [2.75, 3.05) is 0 Å². The van der Waals surface area contributed by atoms with E-state index in [0.29, 0.717) is 5.75 Å². The number of carbonyl (C=O) groups excluding carboxylic acids is 1. The second-order valence-corrected chi connectivity index (χ2v) is 4.34. The minimum atomic E-state index is -0.249. The predicted octanol–water partition coefficient (Wildman–Crippen LogP) is 3.33. The summed E-state index contributed by atoms with van der Waals surface area (Å²) in [6.45, 7) is 3.91. The van der Waals surface area contributed by atoms with Gasteiger partial charge < -0.3 is 4.74 Å². The van der Waals surface area contributed by atoms with Gasteiger partial charge in [-0.05, 0) is 23.9 Å². The molecule has 0 aromatic heterocycles. The number of carbonyl (C=O) groups is 1. The van der Waals surface area contributed by atoms with Crippen molar-refractivity contribution in [2.45, 2.75) is 19.1 Å². The summed E-state index contributed by atoms with van der Waals surface area (Å²) < 4.78 is 5.05. The van der Waals surface area contributed by atoms with E-state index in [1.807, 2.05) is 32.0 Å². The second-order valence-electron chi connectivity index (χ2n) is 2.83. The van der Waals surface area contributed by atoms with Gasteiger partial charge >= 0.3 is 5.30 Å². The summed E-state index contributed by atoms with van der Waals surface area (Å²) in [6, 6.07) is 9.08. The quantitative estimate of drug-likeness (QED) is 0.679. The van der Waals surface area contributed by atoms with Crippen molar-refractivity contribution in [3.05, 3.63) is 30.3 Å². The Bertz CT molecular complexity index is 270. The first-order chi connectivity index (χ1) is 6.18. The van der Waals surface area contributed by atoms with Gasteiger partial charge in [-0.3, -0.25) is 0 Å². The van der Waals surface area contributed by atoms with Crippen LogP contribution in [0.2, 0.25) is 0 Å². The van der Waals surface area contributed by atoms with Crippen molar-refractivity contribution >= 4 is 17.1 Å². The minimum Gasteiger partial charge on any atom is -0.418 e. The molecule has 1 aromatic carbocycles. The molecule has 0 amide bonds. The second kappa shape index (κ2) is 4.92. The van der Waals surface area contributed by atoms with E-state index in [-0.39, 0.29) is 10.6 Å². The van der Waals surface area contributed by atoms with Crippen molar-refractivity contribution < 1.29 is 9.53 Å². The Hall–Kier alpha value is -0.960. The Morgan fingerprint density at radius 1 is 1.31 bits per heavy atom. The van der Waals surface area contributed by atoms with Crippen LogP contribution in [-0.4, -0.2) is 10.6 Å². The van der Waals surface area contributed by atoms with E-state index < -0.39 is 0 Å².